The maximum Gasteiger partial charge on any atom is 0.0600 e. The fraction of sp³-hybridized carbons (Fsp3) is 0.571. The van der Waals surface area contributed by atoms with Gasteiger partial charge in [-0.25, -0.2) is 0 Å². The van der Waals surface area contributed by atoms with Crippen molar-refractivity contribution >= 4 is 11.4 Å². The Morgan fingerprint density at radius 2 is 2.12 bits per heavy atom. The van der Waals surface area contributed by atoms with Crippen molar-refractivity contribution in [2.24, 2.45) is 11.8 Å². The predicted octanol–water partition coefficient (Wildman–Crippen LogP) is 2.38. The zero-order chi connectivity index (χ0) is 12.3. The molecule has 1 aliphatic rings. The van der Waals surface area contributed by atoms with Gasteiger partial charge in [0, 0.05) is 25.6 Å². The van der Waals surface area contributed by atoms with Gasteiger partial charge >= 0.3 is 0 Å². The van der Waals surface area contributed by atoms with Crippen LogP contribution < -0.4 is 10.6 Å². The number of rotatable bonds is 4. The number of anilines is 2. The molecule has 2 rings (SSSR count). The van der Waals surface area contributed by atoms with Crippen LogP contribution in [0, 0.1) is 11.8 Å². The summed E-state index contributed by atoms with van der Waals surface area (Å²) in [6.07, 6.45) is 0. The third kappa shape index (κ3) is 2.72. The summed E-state index contributed by atoms with van der Waals surface area (Å²) in [7, 11) is 0. The molecule has 1 saturated heterocycles. The number of hydrogen-bond donors (Lipinski definition) is 1. The van der Waals surface area contributed by atoms with Gasteiger partial charge in [0.05, 0.1) is 18.0 Å². The third-order valence-corrected chi connectivity index (χ3v) is 3.58. The number of para-hydroxylation sites is 2. The molecule has 3 heteroatoms. The molecule has 0 radical (unpaired) electrons. The molecule has 2 unspecified atom stereocenters. The average Bonchev–Trinajstić information content (AvgIpc) is 2.68. The van der Waals surface area contributed by atoms with Crippen molar-refractivity contribution in [3.05, 3.63) is 24.3 Å². The molecule has 1 aromatic carbocycles. The number of nitrogens with two attached hydrogens (primary N) is 1. The summed E-state index contributed by atoms with van der Waals surface area (Å²) in [4.78, 5) is 2.38. The number of nitrogens with zero attached hydrogens (tertiary/aromatic N) is 1. The quantitative estimate of drug-likeness (QED) is 0.813. The van der Waals surface area contributed by atoms with Crippen LogP contribution in [0.3, 0.4) is 0 Å². The van der Waals surface area contributed by atoms with Crippen LogP contribution in [0.5, 0.6) is 0 Å². The van der Waals surface area contributed by atoms with Crippen LogP contribution in [0.25, 0.3) is 0 Å². The van der Waals surface area contributed by atoms with Gasteiger partial charge in [-0.05, 0) is 25.0 Å². The molecule has 0 spiro atoms. The second-order valence-corrected chi connectivity index (χ2v) is 4.86. The lowest BCUT2D eigenvalue weighted by Crippen LogP contribution is -2.22. The smallest absolute Gasteiger partial charge is 0.0600 e. The van der Waals surface area contributed by atoms with Gasteiger partial charge < -0.3 is 15.4 Å². The monoisotopic (exact) mass is 234 g/mol. The van der Waals surface area contributed by atoms with Gasteiger partial charge in [-0.2, -0.15) is 0 Å². The lowest BCUT2D eigenvalue weighted by molar-refractivity contribution is 0.104. The fourth-order valence-electron chi connectivity index (χ4n) is 2.49. The van der Waals surface area contributed by atoms with E-state index in [1.165, 1.54) is 5.69 Å². The van der Waals surface area contributed by atoms with Gasteiger partial charge in [0.1, 0.15) is 0 Å². The molecule has 1 aliphatic heterocycles. The van der Waals surface area contributed by atoms with E-state index in [-0.39, 0.29) is 0 Å². The highest BCUT2D eigenvalue weighted by atomic mass is 16.5. The molecule has 0 bridgehead atoms. The summed E-state index contributed by atoms with van der Waals surface area (Å²) in [6.45, 7) is 8.13. The second kappa shape index (κ2) is 5.41. The zero-order valence-corrected chi connectivity index (χ0v) is 10.7. The summed E-state index contributed by atoms with van der Waals surface area (Å²) in [6, 6.07) is 8.10. The molecule has 1 heterocycles. The van der Waals surface area contributed by atoms with Gasteiger partial charge in [-0.15, -0.1) is 0 Å². The lowest BCUT2D eigenvalue weighted by Gasteiger charge is -2.20. The van der Waals surface area contributed by atoms with Crippen LogP contribution in [0.1, 0.15) is 13.8 Å². The molecule has 0 saturated carbocycles. The van der Waals surface area contributed by atoms with Crippen LogP contribution in [0.2, 0.25) is 0 Å². The highest BCUT2D eigenvalue weighted by molar-refractivity contribution is 5.67. The Bertz CT molecular complexity index is 367. The third-order valence-electron chi connectivity index (χ3n) is 3.58. The van der Waals surface area contributed by atoms with E-state index < -0.39 is 0 Å². The van der Waals surface area contributed by atoms with E-state index in [1.54, 1.807) is 0 Å². The molecule has 17 heavy (non-hydrogen) atoms. The van der Waals surface area contributed by atoms with Gasteiger partial charge in [0.15, 0.2) is 0 Å². The number of nitrogen functional groups attached to an aromatic ring is 1. The number of hydrogen-bond acceptors (Lipinski definition) is 3. The summed E-state index contributed by atoms with van der Waals surface area (Å²) >= 11 is 0. The molecule has 1 fully saturated rings. The van der Waals surface area contributed by atoms with Crippen molar-refractivity contribution in [2.75, 3.05) is 36.9 Å². The first-order valence-corrected chi connectivity index (χ1v) is 6.39. The van der Waals surface area contributed by atoms with Crippen LogP contribution in [0.15, 0.2) is 24.3 Å². The van der Waals surface area contributed by atoms with Crippen LogP contribution in [-0.4, -0.2) is 26.3 Å². The minimum absolute atomic E-state index is 0.620. The SMILES string of the molecule is CCOCC1CN(c2ccccc2N)CC1C. The van der Waals surface area contributed by atoms with Gasteiger partial charge in [-0.3, -0.25) is 0 Å². The van der Waals surface area contributed by atoms with Crippen LogP contribution in [-0.2, 0) is 4.74 Å². The van der Waals surface area contributed by atoms with Crippen molar-refractivity contribution in [3.63, 3.8) is 0 Å². The summed E-state index contributed by atoms with van der Waals surface area (Å²) in [5.41, 5.74) is 8.06. The van der Waals surface area contributed by atoms with Crippen molar-refractivity contribution < 1.29 is 4.74 Å². The molecule has 94 valence electrons. The first-order chi connectivity index (χ1) is 8.22. The lowest BCUT2D eigenvalue weighted by atomic mass is 9.99. The maximum absolute atomic E-state index is 6.02. The van der Waals surface area contributed by atoms with Crippen LogP contribution >= 0.6 is 0 Å². The summed E-state index contributed by atoms with van der Waals surface area (Å²) < 4.78 is 5.54. The Balaban J connectivity index is 2.03. The van der Waals surface area contributed by atoms with Crippen molar-refractivity contribution in [2.45, 2.75) is 13.8 Å². The molecule has 0 aliphatic carbocycles. The van der Waals surface area contributed by atoms with E-state index >= 15 is 0 Å². The molecular formula is C14H22N2O. The molecular weight excluding hydrogens is 212 g/mol. The number of ether oxygens (including phenoxy) is 1. The van der Waals surface area contributed by atoms with E-state index in [2.05, 4.69) is 17.9 Å². The Morgan fingerprint density at radius 3 is 2.82 bits per heavy atom. The largest absolute Gasteiger partial charge is 0.397 e. The first-order valence-electron chi connectivity index (χ1n) is 6.39. The van der Waals surface area contributed by atoms with Gasteiger partial charge in [0.25, 0.3) is 0 Å². The Morgan fingerprint density at radius 1 is 1.35 bits per heavy atom. The van der Waals surface area contributed by atoms with E-state index in [9.17, 15) is 0 Å². The van der Waals surface area contributed by atoms with Gasteiger partial charge in [-0.1, -0.05) is 19.1 Å². The zero-order valence-electron chi connectivity index (χ0n) is 10.7. The average molecular weight is 234 g/mol. The minimum atomic E-state index is 0.620. The van der Waals surface area contributed by atoms with Crippen LogP contribution in [0.4, 0.5) is 11.4 Å². The van der Waals surface area contributed by atoms with Gasteiger partial charge in [0.2, 0.25) is 0 Å². The molecule has 2 N–H and O–H groups in total. The van der Waals surface area contributed by atoms with Crippen molar-refractivity contribution in [1.82, 2.24) is 0 Å². The van der Waals surface area contributed by atoms with E-state index in [1.807, 2.05) is 25.1 Å². The molecule has 3 nitrogen and oxygen atoms in total. The highest BCUT2D eigenvalue weighted by Gasteiger charge is 2.30. The standard InChI is InChI=1S/C14H22N2O/c1-3-17-10-12-9-16(8-11(12)2)14-7-5-4-6-13(14)15/h4-7,11-12H,3,8-10,15H2,1-2H3. The summed E-state index contributed by atoms with van der Waals surface area (Å²) in [5.74, 6) is 1.29. The summed E-state index contributed by atoms with van der Waals surface area (Å²) in [5, 5.41) is 0. The normalized spacial score (nSPS) is 24.2. The Hall–Kier alpha value is -1.22. The van der Waals surface area contributed by atoms with Crippen molar-refractivity contribution in [3.8, 4) is 0 Å². The topological polar surface area (TPSA) is 38.5 Å². The maximum atomic E-state index is 6.02. The fourth-order valence-corrected chi connectivity index (χ4v) is 2.49. The molecule has 0 aromatic heterocycles. The van der Waals surface area contributed by atoms with Crippen molar-refractivity contribution in [1.29, 1.82) is 0 Å². The highest BCUT2D eigenvalue weighted by Crippen LogP contribution is 2.31. The first kappa shape index (κ1) is 12.2. The Labute approximate surface area is 104 Å². The Kier molecular flexibility index (Phi) is 3.89. The number of benzene rings is 1. The van der Waals surface area contributed by atoms with E-state index in [0.717, 1.165) is 32.0 Å². The molecule has 2 atom stereocenters. The minimum Gasteiger partial charge on any atom is -0.397 e. The van der Waals surface area contributed by atoms with E-state index in [0.29, 0.717) is 11.8 Å². The van der Waals surface area contributed by atoms with E-state index in [4.69, 9.17) is 10.5 Å². The molecule has 0 amide bonds. The second-order valence-electron chi connectivity index (χ2n) is 4.86. The predicted molar refractivity (Wildman–Crippen MR) is 72.2 cm³/mol. The molecule has 1 aromatic rings.